The molecule has 0 saturated heterocycles. The van der Waals surface area contributed by atoms with E-state index in [0.717, 1.165) is 18.7 Å². The van der Waals surface area contributed by atoms with E-state index in [-0.39, 0.29) is 0 Å². The van der Waals surface area contributed by atoms with Crippen LogP contribution in [0.15, 0.2) is 29.2 Å². The van der Waals surface area contributed by atoms with Crippen molar-refractivity contribution >= 4 is 17.4 Å². The number of alkyl halides is 2. The number of anilines is 1. The van der Waals surface area contributed by atoms with E-state index in [1.165, 1.54) is 0 Å². The molecule has 0 saturated carbocycles. The minimum Gasteiger partial charge on any atom is -0.384 e. The lowest BCUT2D eigenvalue weighted by Gasteiger charge is -2.14. The van der Waals surface area contributed by atoms with Crippen LogP contribution in [0.3, 0.4) is 0 Å². The molecule has 1 unspecified atom stereocenters. The summed E-state index contributed by atoms with van der Waals surface area (Å²) in [6, 6.07) is 7.19. The van der Waals surface area contributed by atoms with Crippen LogP contribution in [0.25, 0.3) is 0 Å². The summed E-state index contributed by atoms with van der Waals surface area (Å²) in [6.45, 7) is 5.07. The van der Waals surface area contributed by atoms with E-state index in [2.05, 4.69) is 19.2 Å². The molecule has 0 aliphatic rings. The molecule has 0 aliphatic heterocycles. The average Bonchev–Trinajstić information content (AvgIpc) is 2.26. The summed E-state index contributed by atoms with van der Waals surface area (Å²) in [6.07, 6.45) is 1.08. The third-order valence-electron chi connectivity index (χ3n) is 2.44. The Bertz CT molecular complexity index is 318. The molecule has 0 radical (unpaired) electrons. The number of halogens is 2. The summed E-state index contributed by atoms with van der Waals surface area (Å²) in [5.41, 5.74) is 0.799. The second-order valence-corrected chi connectivity index (χ2v) is 4.80. The van der Waals surface area contributed by atoms with Crippen LogP contribution in [0, 0.1) is 5.92 Å². The number of hydrogen-bond acceptors (Lipinski definition) is 2. The van der Waals surface area contributed by atoms with Gasteiger partial charge in [-0.05, 0) is 18.1 Å². The molecule has 1 aromatic carbocycles. The van der Waals surface area contributed by atoms with Gasteiger partial charge in [-0.3, -0.25) is 0 Å². The Morgan fingerprint density at radius 2 is 2.00 bits per heavy atom. The number of hydrogen-bond donors (Lipinski definition) is 1. The van der Waals surface area contributed by atoms with Crippen molar-refractivity contribution in [2.45, 2.75) is 30.9 Å². The first kappa shape index (κ1) is 13.3. The maximum Gasteiger partial charge on any atom is 0.288 e. The van der Waals surface area contributed by atoms with E-state index in [4.69, 9.17) is 0 Å². The molecule has 0 fully saturated rings. The highest BCUT2D eigenvalue weighted by atomic mass is 32.2. The standard InChI is InChI=1S/C12H17F2NS/c1-3-9(2)8-15-10-6-4-5-7-11(10)16-12(13)14/h4-7,9,12,15H,3,8H2,1-2H3. The van der Waals surface area contributed by atoms with E-state index in [1.54, 1.807) is 12.1 Å². The Morgan fingerprint density at radius 3 is 2.62 bits per heavy atom. The highest BCUT2D eigenvalue weighted by molar-refractivity contribution is 7.99. The van der Waals surface area contributed by atoms with Crippen LogP contribution in [0.4, 0.5) is 14.5 Å². The van der Waals surface area contributed by atoms with Crippen molar-refractivity contribution in [2.24, 2.45) is 5.92 Å². The number of nitrogens with one attached hydrogen (secondary N) is 1. The maximum absolute atomic E-state index is 12.3. The third kappa shape index (κ3) is 4.39. The normalized spacial score (nSPS) is 12.8. The lowest BCUT2D eigenvalue weighted by molar-refractivity contribution is 0.252. The molecule has 0 amide bonds. The van der Waals surface area contributed by atoms with Crippen LogP contribution in [-0.2, 0) is 0 Å². The van der Waals surface area contributed by atoms with Crippen LogP contribution < -0.4 is 5.32 Å². The predicted molar refractivity (Wildman–Crippen MR) is 66.2 cm³/mol. The fourth-order valence-electron chi connectivity index (χ4n) is 1.24. The van der Waals surface area contributed by atoms with Crippen molar-refractivity contribution in [3.63, 3.8) is 0 Å². The summed E-state index contributed by atoms with van der Waals surface area (Å²) >= 11 is 0.588. The quantitative estimate of drug-likeness (QED) is 0.743. The largest absolute Gasteiger partial charge is 0.384 e. The van der Waals surface area contributed by atoms with E-state index in [1.807, 2.05) is 12.1 Å². The molecule has 1 aromatic rings. The lowest BCUT2D eigenvalue weighted by atomic mass is 10.1. The predicted octanol–water partition coefficient (Wildman–Crippen LogP) is 4.46. The molecule has 1 N–H and O–H groups in total. The molecule has 4 heteroatoms. The molecule has 1 rings (SSSR count). The second kappa shape index (κ2) is 6.74. The number of thioether (sulfide) groups is 1. The van der Waals surface area contributed by atoms with Crippen molar-refractivity contribution in [2.75, 3.05) is 11.9 Å². The molecule has 1 nitrogen and oxygen atoms in total. The van der Waals surface area contributed by atoms with Gasteiger partial charge in [0, 0.05) is 17.1 Å². The summed E-state index contributed by atoms with van der Waals surface area (Å²) < 4.78 is 24.6. The third-order valence-corrected chi connectivity index (χ3v) is 3.23. The molecular weight excluding hydrogens is 228 g/mol. The number of para-hydroxylation sites is 1. The summed E-state index contributed by atoms with van der Waals surface area (Å²) in [5.74, 6) is -1.82. The van der Waals surface area contributed by atoms with Crippen LogP contribution >= 0.6 is 11.8 Å². The topological polar surface area (TPSA) is 12.0 Å². The second-order valence-electron chi connectivity index (χ2n) is 3.77. The van der Waals surface area contributed by atoms with Crippen molar-refractivity contribution in [3.05, 3.63) is 24.3 Å². The first-order valence-electron chi connectivity index (χ1n) is 5.41. The zero-order valence-electron chi connectivity index (χ0n) is 9.54. The summed E-state index contributed by atoms with van der Waals surface area (Å²) in [7, 11) is 0. The van der Waals surface area contributed by atoms with Crippen molar-refractivity contribution < 1.29 is 8.78 Å². The van der Waals surface area contributed by atoms with Gasteiger partial charge in [0.15, 0.2) is 0 Å². The highest BCUT2D eigenvalue weighted by Gasteiger charge is 2.09. The van der Waals surface area contributed by atoms with E-state index >= 15 is 0 Å². The van der Waals surface area contributed by atoms with E-state index in [0.29, 0.717) is 22.6 Å². The van der Waals surface area contributed by atoms with Crippen molar-refractivity contribution in [1.29, 1.82) is 0 Å². The molecule has 0 aromatic heterocycles. The number of rotatable bonds is 6. The van der Waals surface area contributed by atoms with E-state index < -0.39 is 5.76 Å². The summed E-state index contributed by atoms with van der Waals surface area (Å²) in [4.78, 5) is 0.612. The summed E-state index contributed by atoms with van der Waals surface area (Å²) in [5, 5.41) is 3.22. The molecule has 1 atom stereocenters. The molecule has 0 spiro atoms. The first-order chi connectivity index (χ1) is 7.63. The molecule has 90 valence electrons. The van der Waals surface area contributed by atoms with Crippen LogP contribution in [0.5, 0.6) is 0 Å². The van der Waals surface area contributed by atoms with Gasteiger partial charge >= 0.3 is 0 Å². The molecule has 16 heavy (non-hydrogen) atoms. The van der Waals surface area contributed by atoms with Gasteiger partial charge in [-0.15, -0.1) is 0 Å². The smallest absolute Gasteiger partial charge is 0.288 e. The SMILES string of the molecule is CCC(C)CNc1ccccc1SC(F)F. The zero-order valence-corrected chi connectivity index (χ0v) is 10.4. The fourth-order valence-corrected chi connectivity index (χ4v) is 1.86. The Hall–Kier alpha value is -0.770. The molecular formula is C12H17F2NS. The maximum atomic E-state index is 12.3. The van der Waals surface area contributed by atoms with Gasteiger partial charge in [-0.25, -0.2) is 0 Å². The Balaban J connectivity index is 2.63. The van der Waals surface area contributed by atoms with Crippen LogP contribution in [0.2, 0.25) is 0 Å². The van der Waals surface area contributed by atoms with Crippen LogP contribution in [0.1, 0.15) is 20.3 Å². The Morgan fingerprint density at radius 1 is 1.31 bits per heavy atom. The minimum atomic E-state index is -2.37. The van der Waals surface area contributed by atoms with Gasteiger partial charge in [-0.1, -0.05) is 44.2 Å². The van der Waals surface area contributed by atoms with E-state index in [9.17, 15) is 8.78 Å². The van der Waals surface area contributed by atoms with Gasteiger partial charge in [0.05, 0.1) is 0 Å². The average molecular weight is 245 g/mol. The van der Waals surface area contributed by atoms with Crippen molar-refractivity contribution in [3.8, 4) is 0 Å². The Kier molecular flexibility index (Phi) is 5.60. The van der Waals surface area contributed by atoms with Gasteiger partial charge in [0.25, 0.3) is 5.76 Å². The van der Waals surface area contributed by atoms with Gasteiger partial charge < -0.3 is 5.32 Å². The minimum absolute atomic E-state index is 0.546. The monoisotopic (exact) mass is 245 g/mol. The molecule has 0 aliphatic carbocycles. The zero-order chi connectivity index (χ0) is 12.0. The van der Waals surface area contributed by atoms with Crippen molar-refractivity contribution in [1.82, 2.24) is 0 Å². The lowest BCUT2D eigenvalue weighted by Crippen LogP contribution is -2.10. The Labute approximate surface area is 99.6 Å². The highest BCUT2D eigenvalue weighted by Crippen LogP contribution is 2.31. The van der Waals surface area contributed by atoms with Gasteiger partial charge in [-0.2, -0.15) is 8.78 Å². The number of benzene rings is 1. The van der Waals surface area contributed by atoms with Gasteiger partial charge in [0.2, 0.25) is 0 Å². The fraction of sp³-hybridized carbons (Fsp3) is 0.500. The first-order valence-corrected chi connectivity index (χ1v) is 6.29. The van der Waals surface area contributed by atoms with Crippen LogP contribution in [-0.4, -0.2) is 12.3 Å². The molecule has 0 heterocycles. The molecule has 0 bridgehead atoms. The van der Waals surface area contributed by atoms with Gasteiger partial charge in [0.1, 0.15) is 0 Å².